The number of nitrogens with zero attached hydrogens (tertiary/aromatic N) is 3. The van der Waals surface area contributed by atoms with Crippen molar-refractivity contribution in [2.45, 2.75) is 38.8 Å². The largest absolute Gasteiger partial charge is 0.497 e. The van der Waals surface area contributed by atoms with Gasteiger partial charge >= 0.3 is 0 Å². The molecule has 2 unspecified atom stereocenters. The molecule has 28 heavy (non-hydrogen) atoms. The Morgan fingerprint density at radius 3 is 2.54 bits per heavy atom. The zero-order chi connectivity index (χ0) is 19.6. The van der Waals surface area contributed by atoms with E-state index in [1.807, 2.05) is 12.1 Å². The zero-order valence-corrected chi connectivity index (χ0v) is 20.4. The molecule has 7 heteroatoms. The molecule has 0 aromatic heterocycles. The monoisotopic (exact) mass is 503 g/mol. The third-order valence-corrected chi connectivity index (χ3v) is 5.30. The Morgan fingerprint density at radius 1 is 1.25 bits per heavy atom. The minimum Gasteiger partial charge on any atom is -0.497 e. The summed E-state index contributed by atoms with van der Waals surface area (Å²) in [4.78, 5) is 9.63. The number of rotatable bonds is 9. The van der Waals surface area contributed by atoms with Gasteiger partial charge < -0.3 is 20.3 Å². The minimum absolute atomic E-state index is 0. The van der Waals surface area contributed by atoms with Crippen LogP contribution in [0, 0.1) is 0 Å². The molecule has 0 radical (unpaired) electrons. The lowest BCUT2D eigenvalue weighted by atomic mass is 10.1. The van der Waals surface area contributed by atoms with Crippen molar-refractivity contribution in [3.05, 3.63) is 29.8 Å². The van der Waals surface area contributed by atoms with Gasteiger partial charge in [-0.1, -0.05) is 19.1 Å². The summed E-state index contributed by atoms with van der Waals surface area (Å²) in [5.41, 5.74) is 1.24. The lowest BCUT2D eigenvalue weighted by Crippen LogP contribution is -2.45. The number of hydrogen-bond donors (Lipinski definition) is 2. The average molecular weight is 503 g/mol. The second-order valence-corrected chi connectivity index (χ2v) is 7.28. The lowest BCUT2D eigenvalue weighted by Gasteiger charge is -2.25. The van der Waals surface area contributed by atoms with Crippen molar-refractivity contribution in [3.8, 4) is 5.75 Å². The van der Waals surface area contributed by atoms with Gasteiger partial charge in [-0.3, -0.25) is 9.89 Å². The standard InChI is InChI=1S/C21H37N5O.HI/c1-6-22-21(23-15-18-9-8-14-26(18)7-2)24-16-20(25(3)4)17-10-12-19(27-5)13-11-17;/h10-13,18,20H,6-9,14-16H2,1-5H3,(H2,22,23,24);1H. The van der Waals surface area contributed by atoms with Crippen LogP contribution in [0.15, 0.2) is 29.3 Å². The van der Waals surface area contributed by atoms with E-state index in [0.717, 1.165) is 31.3 Å². The van der Waals surface area contributed by atoms with Gasteiger partial charge in [-0.05, 0) is 64.6 Å². The Morgan fingerprint density at radius 2 is 1.96 bits per heavy atom. The molecule has 1 aromatic rings. The molecule has 160 valence electrons. The molecular weight excluding hydrogens is 465 g/mol. The Kier molecular flexibility index (Phi) is 11.8. The highest BCUT2D eigenvalue weighted by molar-refractivity contribution is 14.0. The molecule has 1 heterocycles. The predicted octanol–water partition coefficient (Wildman–Crippen LogP) is 2.96. The highest BCUT2D eigenvalue weighted by Crippen LogP contribution is 2.21. The van der Waals surface area contributed by atoms with Gasteiger partial charge in [0, 0.05) is 19.1 Å². The number of hydrogen-bond acceptors (Lipinski definition) is 4. The van der Waals surface area contributed by atoms with E-state index in [2.05, 4.69) is 60.5 Å². The normalized spacial score (nSPS) is 18.6. The molecule has 1 aliphatic heterocycles. The summed E-state index contributed by atoms with van der Waals surface area (Å²) in [6.45, 7) is 9.22. The molecule has 2 atom stereocenters. The van der Waals surface area contributed by atoms with Crippen LogP contribution in [0.4, 0.5) is 0 Å². The number of methoxy groups -OCH3 is 1. The maximum atomic E-state index is 5.27. The zero-order valence-electron chi connectivity index (χ0n) is 18.1. The van der Waals surface area contributed by atoms with Gasteiger partial charge in [0.2, 0.25) is 0 Å². The minimum atomic E-state index is 0. The van der Waals surface area contributed by atoms with E-state index in [1.165, 1.54) is 24.9 Å². The van der Waals surface area contributed by atoms with E-state index >= 15 is 0 Å². The van der Waals surface area contributed by atoms with Crippen molar-refractivity contribution in [1.82, 2.24) is 20.4 Å². The fraction of sp³-hybridized carbons (Fsp3) is 0.667. The highest BCUT2D eigenvalue weighted by Gasteiger charge is 2.23. The second-order valence-electron chi connectivity index (χ2n) is 7.28. The number of guanidine groups is 1. The third kappa shape index (κ3) is 7.40. The molecule has 6 nitrogen and oxygen atoms in total. The van der Waals surface area contributed by atoms with Crippen LogP contribution in [0.3, 0.4) is 0 Å². The van der Waals surface area contributed by atoms with Crippen molar-refractivity contribution in [1.29, 1.82) is 0 Å². The van der Waals surface area contributed by atoms with Gasteiger partial charge in [0.05, 0.1) is 19.7 Å². The van der Waals surface area contributed by atoms with Gasteiger partial charge in [0.25, 0.3) is 0 Å². The first-order chi connectivity index (χ1) is 13.1. The maximum absolute atomic E-state index is 5.27. The van der Waals surface area contributed by atoms with Crippen LogP contribution >= 0.6 is 24.0 Å². The number of halogens is 1. The van der Waals surface area contributed by atoms with Crippen molar-refractivity contribution < 1.29 is 4.74 Å². The third-order valence-electron chi connectivity index (χ3n) is 5.30. The number of nitrogens with one attached hydrogen (secondary N) is 2. The van der Waals surface area contributed by atoms with Crippen LogP contribution in [0.25, 0.3) is 0 Å². The van der Waals surface area contributed by atoms with E-state index in [9.17, 15) is 0 Å². The van der Waals surface area contributed by atoms with E-state index < -0.39 is 0 Å². The smallest absolute Gasteiger partial charge is 0.191 e. The van der Waals surface area contributed by atoms with Crippen molar-refractivity contribution in [2.24, 2.45) is 4.99 Å². The summed E-state index contributed by atoms with van der Waals surface area (Å²) in [5.74, 6) is 1.78. The lowest BCUT2D eigenvalue weighted by molar-refractivity contribution is 0.266. The molecule has 2 N–H and O–H groups in total. The summed E-state index contributed by atoms with van der Waals surface area (Å²) in [6.07, 6.45) is 2.57. The topological polar surface area (TPSA) is 52.1 Å². The first-order valence-corrected chi connectivity index (χ1v) is 10.2. The van der Waals surface area contributed by atoms with E-state index in [4.69, 9.17) is 9.73 Å². The summed E-state index contributed by atoms with van der Waals surface area (Å²) in [5, 5.41) is 6.93. The van der Waals surface area contributed by atoms with E-state index in [-0.39, 0.29) is 30.0 Å². The molecule has 1 fully saturated rings. The summed E-state index contributed by atoms with van der Waals surface area (Å²) in [7, 11) is 5.89. The van der Waals surface area contributed by atoms with Crippen LogP contribution in [-0.4, -0.2) is 75.7 Å². The Bertz CT molecular complexity index is 579. The number of ether oxygens (including phenoxy) is 1. The molecule has 0 amide bonds. The second kappa shape index (κ2) is 13.2. The van der Waals surface area contributed by atoms with Crippen molar-refractivity contribution in [2.75, 3.05) is 53.9 Å². The molecule has 0 saturated carbocycles. The van der Waals surface area contributed by atoms with Gasteiger partial charge in [-0.25, -0.2) is 0 Å². The molecule has 1 aromatic carbocycles. The first kappa shape index (κ1) is 25.0. The molecule has 0 spiro atoms. The summed E-state index contributed by atoms with van der Waals surface area (Å²) < 4.78 is 5.27. The predicted molar refractivity (Wildman–Crippen MR) is 129 cm³/mol. The molecule has 1 saturated heterocycles. The summed E-state index contributed by atoms with van der Waals surface area (Å²) in [6, 6.07) is 9.11. The fourth-order valence-electron chi connectivity index (χ4n) is 3.67. The van der Waals surface area contributed by atoms with Crippen LogP contribution in [0.5, 0.6) is 5.75 Å². The van der Waals surface area contributed by atoms with Crippen molar-refractivity contribution in [3.63, 3.8) is 0 Å². The van der Waals surface area contributed by atoms with Gasteiger partial charge in [-0.2, -0.15) is 0 Å². The number of likely N-dealkylation sites (tertiary alicyclic amines) is 1. The van der Waals surface area contributed by atoms with Gasteiger partial charge in [-0.15, -0.1) is 24.0 Å². The molecule has 0 bridgehead atoms. The number of likely N-dealkylation sites (N-methyl/N-ethyl adjacent to an activating group) is 2. The van der Waals surface area contributed by atoms with Crippen LogP contribution < -0.4 is 15.4 Å². The SMILES string of the molecule is CCNC(=NCC(c1ccc(OC)cc1)N(C)C)NCC1CCCN1CC.I. The Labute approximate surface area is 188 Å². The number of aliphatic imine (C=N–C) groups is 1. The van der Waals surface area contributed by atoms with Crippen molar-refractivity contribution >= 4 is 29.9 Å². The van der Waals surface area contributed by atoms with Crippen LogP contribution in [0.1, 0.15) is 38.3 Å². The Balaban J connectivity index is 0.00000392. The summed E-state index contributed by atoms with van der Waals surface area (Å²) >= 11 is 0. The Hall–Kier alpha value is -1.06. The molecule has 1 aliphatic rings. The number of benzene rings is 1. The quantitative estimate of drug-likeness (QED) is 0.309. The van der Waals surface area contributed by atoms with Crippen LogP contribution in [-0.2, 0) is 0 Å². The van der Waals surface area contributed by atoms with E-state index in [0.29, 0.717) is 12.6 Å². The fourth-order valence-corrected chi connectivity index (χ4v) is 3.67. The maximum Gasteiger partial charge on any atom is 0.191 e. The highest BCUT2D eigenvalue weighted by atomic mass is 127. The van der Waals surface area contributed by atoms with Gasteiger partial charge in [0.15, 0.2) is 5.96 Å². The molecule has 0 aliphatic carbocycles. The molecular formula is C21H38IN5O. The first-order valence-electron chi connectivity index (χ1n) is 10.2. The van der Waals surface area contributed by atoms with Crippen LogP contribution in [0.2, 0.25) is 0 Å². The average Bonchev–Trinajstić information content (AvgIpc) is 3.14. The van der Waals surface area contributed by atoms with Gasteiger partial charge in [0.1, 0.15) is 5.75 Å². The van der Waals surface area contributed by atoms with E-state index in [1.54, 1.807) is 7.11 Å². The molecule has 2 rings (SSSR count).